The number of carboxylic acid groups (broad SMARTS) is 1. The van der Waals surface area contributed by atoms with Crippen LogP contribution in [0.2, 0.25) is 0 Å². The summed E-state index contributed by atoms with van der Waals surface area (Å²) in [6.45, 7) is 3.78. The zero-order chi connectivity index (χ0) is 100. The van der Waals surface area contributed by atoms with Gasteiger partial charge in [0.15, 0.2) is 0 Å². The summed E-state index contributed by atoms with van der Waals surface area (Å²) < 4.78 is 8.08. The molecule has 3 fully saturated rings. The maximum absolute atomic E-state index is 10.5. The second-order valence-electron chi connectivity index (χ2n) is 33.8. The number of benzene rings is 13. The predicted octanol–water partition coefficient (Wildman–Crippen LogP) is 30.0. The lowest BCUT2D eigenvalue weighted by molar-refractivity contribution is -0.136. The third-order valence-electron chi connectivity index (χ3n) is 23.2. The van der Waals surface area contributed by atoms with E-state index >= 15 is 0 Å². The van der Waals surface area contributed by atoms with Crippen LogP contribution in [0.5, 0.6) is 0 Å². The highest BCUT2D eigenvalue weighted by atomic mass is 32.1. The van der Waals surface area contributed by atoms with Crippen molar-refractivity contribution in [2.75, 3.05) is 19.6 Å². The first-order valence-corrected chi connectivity index (χ1v) is 50.5. The molecule has 0 spiro atoms. The van der Waals surface area contributed by atoms with Crippen LogP contribution >= 0.6 is 11.3 Å². The van der Waals surface area contributed by atoms with E-state index in [0.29, 0.717) is 0 Å². The molecule has 3 aliphatic heterocycles. The predicted molar refractivity (Wildman–Crippen MR) is 602 cm³/mol. The SMILES string of the molecule is C1=Nc2ccccc2C1.C1CCC2NCCCC2C1.C1CCNCC1.Cn1cc(-c2ccccc2)nn1.O=C(O)Cc1ccc(-c2ccccc2)cc1.c1c[nH]cn1.c1ccc(-c2ccccc2)cc1.c1ccc2[nH]ccc2c1.c1ccc2ccccc2c1.c1ccc2ncccc2c1.c1ccc2occc2c1.c1ccc2scnc2c1.c1ccccc1.c1ccncc1.c1cnc2c(c1)CCCC2.c1cncnc1. The maximum Gasteiger partial charge on any atom is 0.307 e. The molecule has 19 heteroatoms. The third kappa shape index (κ3) is 41.6. The lowest BCUT2D eigenvalue weighted by Crippen LogP contribution is -2.42. The molecule has 5 N–H and O–H groups in total. The Bertz CT molecular complexity index is 6380. The van der Waals surface area contributed by atoms with Gasteiger partial charge in [0.25, 0.3) is 0 Å². The lowest BCUT2D eigenvalue weighted by Gasteiger charge is -2.36. The van der Waals surface area contributed by atoms with Gasteiger partial charge < -0.3 is 30.1 Å². The molecular formula is C126H129N15O3S. The standard InChI is InChI=1S/C14H12O2.C12H10.C10H8.C9H9N3.C9H17N.C9H11N.C9H7N.2C8H7N.C8H6O.C7H5NS.C6H6.C5H11N.C5H5N.C4H4N2.C3H4N2/c15-14(16)10-11-6-8-13(9-7-11)12-4-2-1-3-5-12;1-3-7-11(8-4-1)12-9-5-2-6-10-12;1-2-6-10-8-4-3-7-9(10)5-1;1-12-7-9(10-11-12)8-5-3-2-4-6-8;3*1-2-6-9-8(4-1)5-3-7-10-9;3*1-2-4-8-7(3-1)5-6-9-8;1-2-4-7-6(3-1)8-5-9-7;3*1-2-4-6-5-3-1;1-2-5-4-6-3-1;1-2-5-3-4-1/h1-9H,10H2,(H,15,16);1-10H;1-8H;2-7H,1H3;8-10H,1-7H2;3,5,7H,1-2,4,6H2;1-7H;1-4,6H,5H2;1-6,9H;1-6H;1-5H;1-6H;6H,1-5H2;1-5H;1-4H;1-3H,(H,4,5). The summed E-state index contributed by atoms with van der Waals surface area (Å²) in [6.07, 6.45) is 43.9. The number of aromatic amines is 2. The molecule has 22 aromatic rings. The van der Waals surface area contributed by atoms with Crippen LogP contribution < -0.4 is 10.6 Å². The molecule has 2 saturated heterocycles. The molecule has 1 saturated carbocycles. The molecule has 5 aliphatic rings. The fourth-order valence-corrected chi connectivity index (χ4v) is 16.5. The Morgan fingerprint density at radius 1 is 0.407 bits per heavy atom. The van der Waals surface area contributed by atoms with Gasteiger partial charge in [0.05, 0.1) is 52.1 Å². The van der Waals surface area contributed by atoms with Crippen LogP contribution in [0.3, 0.4) is 0 Å². The van der Waals surface area contributed by atoms with Crippen molar-refractivity contribution in [3.05, 3.63) is 521 Å². The Balaban J connectivity index is 0.000000139. The molecule has 2 atom stereocenters. The van der Waals surface area contributed by atoms with E-state index < -0.39 is 5.97 Å². The fourth-order valence-electron chi connectivity index (χ4n) is 15.8. The van der Waals surface area contributed by atoms with E-state index in [9.17, 15) is 4.79 Å². The van der Waals surface area contributed by atoms with E-state index in [1.165, 1.54) is 169 Å². The molecular weight excluding hydrogens is 1800 g/mol. The largest absolute Gasteiger partial charge is 0.481 e. The highest BCUT2D eigenvalue weighted by Crippen LogP contribution is 2.31. The van der Waals surface area contributed by atoms with Crippen molar-refractivity contribution in [2.45, 2.75) is 102 Å². The van der Waals surface area contributed by atoms with Crippen molar-refractivity contribution in [2.24, 2.45) is 18.0 Å². The van der Waals surface area contributed by atoms with Crippen molar-refractivity contribution >= 4 is 83.0 Å². The molecule has 0 bridgehead atoms. The Morgan fingerprint density at radius 3 is 1.47 bits per heavy atom. The second-order valence-corrected chi connectivity index (χ2v) is 34.6. The van der Waals surface area contributed by atoms with Crippen molar-refractivity contribution in [3.63, 3.8) is 0 Å². The molecule has 0 amide bonds. The summed E-state index contributed by atoms with van der Waals surface area (Å²) in [6, 6.07) is 138. The maximum atomic E-state index is 10.5. The lowest BCUT2D eigenvalue weighted by atomic mass is 9.80. The van der Waals surface area contributed by atoms with Gasteiger partial charge in [0, 0.05) is 109 Å². The number of aryl methyl sites for hydroxylation is 3. The molecule has 2 aliphatic carbocycles. The number of aliphatic carboxylic acids is 1. The van der Waals surface area contributed by atoms with Crippen molar-refractivity contribution < 1.29 is 14.3 Å². The number of fused-ring (bicyclic) bond motifs is 8. The van der Waals surface area contributed by atoms with E-state index in [-0.39, 0.29) is 6.42 Å². The van der Waals surface area contributed by atoms with Crippen LogP contribution in [0.1, 0.15) is 93.0 Å². The molecule has 9 aromatic heterocycles. The van der Waals surface area contributed by atoms with Crippen molar-refractivity contribution in [3.8, 4) is 33.5 Å². The highest BCUT2D eigenvalue weighted by molar-refractivity contribution is 7.16. The van der Waals surface area contributed by atoms with Gasteiger partial charge in [-0.25, -0.2) is 19.9 Å². The van der Waals surface area contributed by atoms with Gasteiger partial charge in [0.1, 0.15) is 17.6 Å². The van der Waals surface area contributed by atoms with Crippen LogP contribution in [0.25, 0.3) is 87.3 Å². The van der Waals surface area contributed by atoms with E-state index in [1.54, 1.807) is 71.9 Å². The Labute approximate surface area is 856 Å². The molecule has 27 rings (SSSR count). The normalized spacial score (nSPS) is 13.1. The number of thiazole rings is 1. The van der Waals surface area contributed by atoms with E-state index in [1.807, 2.05) is 304 Å². The van der Waals surface area contributed by atoms with Gasteiger partial charge in [-0.15, -0.1) is 16.4 Å². The number of carbonyl (C=O) groups is 1. The number of aromatic nitrogens is 12. The number of aliphatic imine (C=N–C) groups is 1. The Kier molecular flexibility index (Phi) is 48.8. The zero-order valence-electron chi connectivity index (χ0n) is 82.4. The minimum Gasteiger partial charge on any atom is -0.481 e. The second kappa shape index (κ2) is 66.1. The number of piperidine rings is 2. The monoisotopic (exact) mass is 1930 g/mol. The minimum absolute atomic E-state index is 0.0784. The van der Waals surface area contributed by atoms with Crippen LogP contribution in [0, 0.1) is 5.92 Å². The van der Waals surface area contributed by atoms with Crippen LogP contribution in [0.4, 0.5) is 5.69 Å². The average molecular weight is 1930 g/mol. The minimum atomic E-state index is -0.799. The zero-order valence-corrected chi connectivity index (χ0v) is 83.2. The summed E-state index contributed by atoms with van der Waals surface area (Å²) in [5.74, 6) is 0.245. The first kappa shape index (κ1) is 107. The van der Waals surface area contributed by atoms with Gasteiger partial charge in [-0.2, -0.15) is 0 Å². The first-order chi connectivity index (χ1) is 71.8. The highest BCUT2D eigenvalue weighted by Gasteiger charge is 2.26. The summed E-state index contributed by atoms with van der Waals surface area (Å²) in [4.78, 5) is 48.0. The topological polar surface area (TPSA) is 239 Å². The molecule has 2 unspecified atom stereocenters. The number of H-pyrrole nitrogens is 2. The molecule has 12 heterocycles. The summed E-state index contributed by atoms with van der Waals surface area (Å²) in [5.41, 5.74) is 19.1. The summed E-state index contributed by atoms with van der Waals surface area (Å²) in [5, 5.41) is 29.7. The fraction of sp³-hybridized carbons (Fsp3) is 0.167. The van der Waals surface area contributed by atoms with Gasteiger partial charge >= 0.3 is 5.97 Å². The number of imidazole rings is 1. The number of hydrogen-bond acceptors (Lipinski definition) is 15. The van der Waals surface area contributed by atoms with Gasteiger partial charge in [-0.3, -0.25) is 29.4 Å². The summed E-state index contributed by atoms with van der Waals surface area (Å²) >= 11 is 1.68. The first-order valence-electron chi connectivity index (χ1n) is 49.6. The van der Waals surface area contributed by atoms with Crippen LogP contribution in [-0.2, 0) is 37.5 Å². The number of para-hydroxylation sites is 5. The molecule has 13 aromatic carbocycles. The molecule has 18 nitrogen and oxygen atoms in total. The Morgan fingerprint density at radius 2 is 0.938 bits per heavy atom. The quantitative estimate of drug-likeness (QED) is 0.108. The smallest absolute Gasteiger partial charge is 0.307 e. The molecule has 0 radical (unpaired) electrons. The van der Waals surface area contributed by atoms with Crippen molar-refractivity contribution in [1.29, 1.82) is 0 Å². The third-order valence-corrected chi connectivity index (χ3v) is 24.0. The van der Waals surface area contributed by atoms with Crippen LogP contribution in [0.15, 0.2) is 508 Å². The number of nitrogens with one attached hydrogen (secondary N) is 4. The van der Waals surface area contributed by atoms with Gasteiger partial charge in [-0.1, -0.05) is 358 Å². The number of hydrogen-bond donors (Lipinski definition) is 5. The number of pyridine rings is 3. The Hall–Kier alpha value is -16.7. The number of carboxylic acids is 1. The molecule has 145 heavy (non-hydrogen) atoms. The van der Waals surface area contributed by atoms with E-state index in [4.69, 9.17) is 9.52 Å². The van der Waals surface area contributed by atoms with E-state index in [2.05, 4.69) is 216 Å². The van der Waals surface area contributed by atoms with Gasteiger partial charge in [-0.05, 0) is 224 Å². The molecule has 732 valence electrons. The number of nitrogens with zero attached hydrogens (tertiary/aromatic N) is 11. The van der Waals surface area contributed by atoms with Crippen LogP contribution in [-0.4, -0.2) is 103 Å². The summed E-state index contributed by atoms with van der Waals surface area (Å²) in [7, 11) is 1.86. The number of rotatable bonds is 5. The van der Waals surface area contributed by atoms with Gasteiger partial charge in [0.2, 0.25) is 0 Å². The number of furan rings is 1. The average Bonchev–Trinajstić information content (AvgIpc) is 1.58. The van der Waals surface area contributed by atoms with E-state index in [0.717, 1.165) is 74.0 Å². The van der Waals surface area contributed by atoms with Crippen molar-refractivity contribution in [1.82, 2.24) is 70.5 Å².